The van der Waals surface area contributed by atoms with Gasteiger partial charge in [-0.15, -0.1) is 11.3 Å². The number of hydrogen-bond donors (Lipinski definition) is 0. The van der Waals surface area contributed by atoms with E-state index < -0.39 is 5.97 Å². The summed E-state index contributed by atoms with van der Waals surface area (Å²) in [7, 11) is 0. The highest BCUT2D eigenvalue weighted by atomic mass is 35.5. The molecule has 0 aliphatic carbocycles. The minimum Gasteiger partial charge on any atom is -0.425 e. The number of ether oxygens (including phenoxy) is 1. The second kappa shape index (κ2) is 7.08. The van der Waals surface area contributed by atoms with Crippen LogP contribution in [-0.4, -0.2) is 15.9 Å². The average molecular weight is 365 g/mol. The molecule has 3 rings (SSSR count). The van der Waals surface area contributed by atoms with E-state index in [1.54, 1.807) is 30.6 Å². The summed E-state index contributed by atoms with van der Waals surface area (Å²) in [5.41, 5.74) is 1.55. The van der Waals surface area contributed by atoms with Crippen LogP contribution in [0.25, 0.3) is 10.6 Å². The summed E-state index contributed by atoms with van der Waals surface area (Å²) < 4.78 is 5.24. The SMILES string of the molecule is O=C(Cc1csc(-c2cccnc2)n1)Oc1cccc(Cl)c1Cl. The molecular weight excluding hydrogens is 355 g/mol. The van der Waals surface area contributed by atoms with Crippen molar-refractivity contribution in [2.45, 2.75) is 6.42 Å². The molecule has 0 saturated carbocycles. The molecule has 4 nitrogen and oxygen atoms in total. The zero-order valence-corrected chi connectivity index (χ0v) is 14.0. The summed E-state index contributed by atoms with van der Waals surface area (Å²) in [5.74, 6) is -0.205. The van der Waals surface area contributed by atoms with Gasteiger partial charge in [-0.1, -0.05) is 29.3 Å². The topological polar surface area (TPSA) is 52.1 Å². The molecule has 0 saturated heterocycles. The lowest BCUT2D eigenvalue weighted by atomic mass is 10.3. The van der Waals surface area contributed by atoms with Gasteiger partial charge in [-0.2, -0.15) is 0 Å². The number of thiazole rings is 1. The van der Waals surface area contributed by atoms with Gasteiger partial charge < -0.3 is 4.74 Å². The van der Waals surface area contributed by atoms with E-state index >= 15 is 0 Å². The summed E-state index contributed by atoms with van der Waals surface area (Å²) in [6, 6.07) is 8.64. The van der Waals surface area contributed by atoms with Gasteiger partial charge in [0.2, 0.25) is 0 Å². The number of aromatic nitrogens is 2. The fourth-order valence-electron chi connectivity index (χ4n) is 1.88. The predicted molar refractivity (Wildman–Crippen MR) is 91.1 cm³/mol. The number of carbonyl (C=O) groups excluding carboxylic acids is 1. The monoisotopic (exact) mass is 364 g/mol. The van der Waals surface area contributed by atoms with Crippen molar-refractivity contribution < 1.29 is 9.53 Å². The zero-order chi connectivity index (χ0) is 16.2. The van der Waals surface area contributed by atoms with Crippen molar-refractivity contribution in [2.75, 3.05) is 0 Å². The third-order valence-electron chi connectivity index (χ3n) is 2.93. The minimum atomic E-state index is -0.447. The molecule has 0 fully saturated rings. The molecule has 116 valence electrons. The molecule has 2 aromatic heterocycles. The van der Waals surface area contributed by atoms with Crippen LogP contribution < -0.4 is 4.74 Å². The van der Waals surface area contributed by atoms with Crippen LogP contribution in [0, 0.1) is 0 Å². The first-order valence-electron chi connectivity index (χ1n) is 6.63. The maximum atomic E-state index is 12.0. The maximum absolute atomic E-state index is 12.0. The summed E-state index contributed by atoms with van der Waals surface area (Å²) in [6.07, 6.45) is 3.48. The first-order valence-corrected chi connectivity index (χ1v) is 8.26. The number of hydrogen-bond acceptors (Lipinski definition) is 5. The zero-order valence-electron chi connectivity index (χ0n) is 11.7. The van der Waals surface area contributed by atoms with Gasteiger partial charge in [0.25, 0.3) is 0 Å². The Kier molecular flexibility index (Phi) is 4.91. The first-order chi connectivity index (χ1) is 11.1. The highest BCUT2D eigenvalue weighted by Crippen LogP contribution is 2.31. The largest absolute Gasteiger partial charge is 0.425 e. The lowest BCUT2D eigenvalue weighted by Gasteiger charge is -2.06. The molecule has 0 spiro atoms. The quantitative estimate of drug-likeness (QED) is 0.498. The molecule has 0 aliphatic rings. The lowest BCUT2D eigenvalue weighted by Crippen LogP contribution is -2.11. The number of benzene rings is 1. The standard InChI is InChI=1S/C16H10Cl2N2O2S/c17-12-4-1-5-13(15(12)18)22-14(21)7-11-9-23-16(20-11)10-3-2-6-19-8-10/h1-6,8-9H,7H2. The van der Waals surface area contributed by atoms with Gasteiger partial charge >= 0.3 is 5.97 Å². The highest BCUT2D eigenvalue weighted by Gasteiger charge is 2.13. The Morgan fingerprint density at radius 3 is 2.87 bits per heavy atom. The van der Waals surface area contributed by atoms with Crippen LogP contribution in [0.1, 0.15) is 5.69 Å². The maximum Gasteiger partial charge on any atom is 0.317 e. The Balaban J connectivity index is 1.69. The fraction of sp³-hybridized carbons (Fsp3) is 0.0625. The fourth-order valence-corrected chi connectivity index (χ4v) is 3.02. The number of esters is 1. The van der Waals surface area contributed by atoms with Crippen LogP contribution in [0.3, 0.4) is 0 Å². The Bertz CT molecular complexity index is 837. The molecule has 0 bridgehead atoms. The summed E-state index contributed by atoms with van der Waals surface area (Å²) in [5, 5.41) is 3.19. The van der Waals surface area contributed by atoms with E-state index in [1.807, 2.05) is 17.5 Å². The lowest BCUT2D eigenvalue weighted by molar-refractivity contribution is -0.133. The highest BCUT2D eigenvalue weighted by molar-refractivity contribution is 7.13. The molecule has 0 atom stereocenters. The summed E-state index contributed by atoms with van der Waals surface area (Å²) >= 11 is 13.3. The summed E-state index contributed by atoms with van der Waals surface area (Å²) in [6.45, 7) is 0. The number of carbonyl (C=O) groups is 1. The molecule has 0 N–H and O–H groups in total. The Morgan fingerprint density at radius 1 is 1.22 bits per heavy atom. The van der Waals surface area contributed by atoms with E-state index in [0.717, 1.165) is 10.6 Å². The third kappa shape index (κ3) is 3.88. The van der Waals surface area contributed by atoms with Crippen LogP contribution in [0.4, 0.5) is 0 Å². The van der Waals surface area contributed by atoms with Crippen LogP contribution >= 0.6 is 34.5 Å². The molecule has 0 radical (unpaired) electrons. The van der Waals surface area contributed by atoms with Crippen LogP contribution in [0.2, 0.25) is 10.0 Å². The van der Waals surface area contributed by atoms with Crippen molar-refractivity contribution in [3.63, 3.8) is 0 Å². The van der Waals surface area contributed by atoms with Crippen molar-refractivity contribution in [1.29, 1.82) is 0 Å². The van der Waals surface area contributed by atoms with E-state index in [0.29, 0.717) is 10.7 Å². The molecule has 7 heteroatoms. The van der Waals surface area contributed by atoms with Gasteiger partial charge in [0.05, 0.1) is 17.1 Å². The minimum absolute atomic E-state index is 0.0552. The van der Waals surface area contributed by atoms with E-state index in [-0.39, 0.29) is 17.2 Å². The van der Waals surface area contributed by atoms with Gasteiger partial charge in [0, 0.05) is 23.3 Å². The van der Waals surface area contributed by atoms with Crippen LogP contribution in [0.15, 0.2) is 48.1 Å². The number of rotatable bonds is 4. The van der Waals surface area contributed by atoms with Crippen LogP contribution in [0.5, 0.6) is 5.75 Å². The molecule has 3 aromatic rings. The van der Waals surface area contributed by atoms with E-state index in [4.69, 9.17) is 27.9 Å². The van der Waals surface area contributed by atoms with Gasteiger partial charge in [0.1, 0.15) is 10.0 Å². The van der Waals surface area contributed by atoms with Crippen molar-refractivity contribution in [1.82, 2.24) is 9.97 Å². The van der Waals surface area contributed by atoms with Gasteiger partial charge in [-0.3, -0.25) is 9.78 Å². The molecule has 0 amide bonds. The number of halogens is 2. The second-order valence-electron chi connectivity index (χ2n) is 4.59. The molecule has 0 aliphatic heterocycles. The van der Waals surface area contributed by atoms with E-state index in [9.17, 15) is 4.79 Å². The van der Waals surface area contributed by atoms with Crippen molar-refractivity contribution in [3.8, 4) is 16.3 Å². The van der Waals surface area contributed by atoms with E-state index in [2.05, 4.69) is 9.97 Å². The molecule has 2 heterocycles. The predicted octanol–water partition coefficient (Wildman–Crippen LogP) is 4.66. The molecule has 1 aromatic carbocycles. The Hall–Kier alpha value is -1.95. The van der Waals surface area contributed by atoms with Crippen LogP contribution in [-0.2, 0) is 11.2 Å². The normalized spacial score (nSPS) is 10.5. The average Bonchev–Trinajstić information content (AvgIpc) is 3.01. The van der Waals surface area contributed by atoms with Gasteiger partial charge in [-0.25, -0.2) is 4.98 Å². The van der Waals surface area contributed by atoms with Crippen molar-refractivity contribution >= 4 is 40.5 Å². The van der Waals surface area contributed by atoms with Gasteiger partial charge in [0.15, 0.2) is 5.75 Å². The Morgan fingerprint density at radius 2 is 2.09 bits per heavy atom. The first kappa shape index (κ1) is 15.9. The third-order valence-corrected chi connectivity index (χ3v) is 4.67. The van der Waals surface area contributed by atoms with Gasteiger partial charge in [-0.05, 0) is 24.3 Å². The smallest absolute Gasteiger partial charge is 0.317 e. The number of pyridine rings is 1. The summed E-state index contributed by atoms with van der Waals surface area (Å²) in [4.78, 5) is 20.5. The van der Waals surface area contributed by atoms with E-state index in [1.165, 1.54) is 11.3 Å². The Labute approximate surface area is 146 Å². The van der Waals surface area contributed by atoms with Crippen molar-refractivity contribution in [3.05, 3.63) is 63.8 Å². The molecular formula is C16H10Cl2N2O2S. The second-order valence-corrected chi connectivity index (χ2v) is 6.23. The number of nitrogens with zero attached hydrogens (tertiary/aromatic N) is 2. The molecule has 0 unspecified atom stereocenters. The molecule has 23 heavy (non-hydrogen) atoms. The van der Waals surface area contributed by atoms with Crippen molar-refractivity contribution in [2.24, 2.45) is 0 Å².